The van der Waals surface area contributed by atoms with Gasteiger partial charge < -0.3 is 9.84 Å². The molecule has 1 atom stereocenters. The second-order valence-electron chi connectivity index (χ2n) is 6.23. The number of hydrogen-bond acceptors (Lipinski definition) is 3. The first kappa shape index (κ1) is 22.1. The summed E-state index contributed by atoms with van der Waals surface area (Å²) in [4.78, 5) is 13.1. The maximum Gasteiger partial charge on any atom is 0.290 e. The molecule has 2 rings (SSSR count). The van der Waals surface area contributed by atoms with Crippen LogP contribution in [-0.4, -0.2) is 22.2 Å². The van der Waals surface area contributed by atoms with Gasteiger partial charge in [0.25, 0.3) is 6.47 Å². The zero-order chi connectivity index (χ0) is 18.9. The minimum Gasteiger partial charge on any atom is -0.483 e. The van der Waals surface area contributed by atoms with Gasteiger partial charge in [-0.25, -0.2) is 0 Å². The van der Waals surface area contributed by atoms with E-state index in [2.05, 4.69) is 59.7 Å². The molecule has 0 saturated heterocycles. The Bertz CT molecular complexity index is 645. The summed E-state index contributed by atoms with van der Waals surface area (Å²) in [6.07, 6.45) is 0.0529. The Kier molecular flexibility index (Phi) is 9.22. The standard InChI is InChI=1S/C17H23NO.C2H6.CH2O2/c1-11-14-9-7-8-10-15(14)18-12(2)16(11)13(3)19-17(4,5)6;1-2;2-1-3/h7-10,13H,1-6H3;1-2H3;1H,(H,2,3). The smallest absolute Gasteiger partial charge is 0.290 e. The van der Waals surface area contributed by atoms with Crippen LogP contribution in [0.4, 0.5) is 0 Å². The SMILES string of the molecule is CC.Cc1nc2ccccc2c(C)c1C(C)OC(C)(C)C.O=CO. The highest BCUT2D eigenvalue weighted by atomic mass is 16.5. The number of aryl methyl sites for hydroxylation is 2. The van der Waals surface area contributed by atoms with Crippen LogP contribution in [0.3, 0.4) is 0 Å². The van der Waals surface area contributed by atoms with Gasteiger partial charge in [0.1, 0.15) is 0 Å². The minimum absolute atomic E-state index is 0.0529. The Labute approximate surface area is 145 Å². The van der Waals surface area contributed by atoms with Gasteiger partial charge in [-0.2, -0.15) is 0 Å². The monoisotopic (exact) mass is 333 g/mol. The van der Waals surface area contributed by atoms with E-state index in [1.54, 1.807) is 0 Å². The number of ether oxygens (including phenoxy) is 1. The third kappa shape index (κ3) is 6.28. The minimum atomic E-state index is -0.250. The van der Waals surface area contributed by atoms with Crippen molar-refractivity contribution in [1.29, 1.82) is 0 Å². The first-order valence-corrected chi connectivity index (χ1v) is 8.32. The Morgan fingerprint density at radius 1 is 1.17 bits per heavy atom. The fourth-order valence-corrected chi connectivity index (χ4v) is 2.73. The predicted octanol–water partition coefficient (Wildman–Crippen LogP) is 5.45. The molecule has 0 spiro atoms. The highest BCUT2D eigenvalue weighted by Crippen LogP contribution is 2.31. The van der Waals surface area contributed by atoms with Crippen LogP contribution in [0.2, 0.25) is 0 Å². The molecule has 1 heterocycles. The van der Waals surface area contributed by atoms with E-state index < -0.39 is 0 Å². The topological polar surface area (TPSA) is 59.4 Å². The van der Waals surface area contributed by atoms with Gasteiger partial charge in [0, 0.05) is 16.6 Å². The van der Waals surface area contributed by atoms with Crippen LogP contribution in [0, 0.1) is 13.8 Å². The fourth-order valence-electron chi connectivity index (χ4n) is 2.73. The van der Waals surface area contributed by atoms with Crippen molar-refractivity contribution in [3.63, 3.8) is 0 Å². The number of aromatic nitrogens is 1. The van der Waals surface area contributed by atoms with Gasteiger partial charge in [-0.1, -0.05) is 32.0 Å². The van der Waals surface area contributed by atoms with E-state index in [1.807, 2.05) is 19.9 Å². The molecule has 4 nitrogen and oxygen atoms in total. The summed E-state index contributed by atoms with van der Waals surface area (Å²) >= 11 is 0. The Morgan fingerprint density at radius 2 is 1.67 bits per heavy atom. The van der Waals surface area contributed by atoms with E-state index in [1.165, 1.54) is 16.5 Å². The molecule has 0 aliphatic heterocycles. The average molecular weight is 333 g/mol. The van der Waals surface area contributed by atoms with Gasteiger partial charge in [-0.3, -0.25) is 9.78 Å². The van der Waals surface area contributed by atoms with Crippen molar-refractivity contribution in [1.82, 2.24) is 4.98 Å². The number of pyridine rings is 1. The highest BCUT2D eigenvalue weighted by molar-refractivity contribution is 5.83. The van der Waals surface area contributed by atoms with E-state index in [4.69, 9.17) is 19.6 Å². The highest BCUT2D eigenvalue weighted by Gasteiger charge is 2.21. The lowest BCUT2D eigenvalue weighted by Crippen LogP contribution is -2.22. The second-order valence-corrected chi connectivity index (χ2v) is 6.23. The maximum absolute atomic E-state index is 8.36. The summed E-state index contributed by atoms with van der Waals surface area (Å²) < 4.78 is 6.09. The van der Waals surface area contributed by atoms with Crippen LogP contribution < -0.4 is 0 Å². The van der Waals surface area contributed by atoms with Crippen LogP contribution in [0.15, 0.2) is 24.3 Å². The van der Waals surface area contributed by atoms with Crippen molar-refractivity contribution in [3.05, 3.63) is 41.1 Å². The number of hydrogen-bond donors (Lipinski definition) is 1. The van der Waals surface area contributed by atoms with Crippen molar-refractivity contribution >= 4 is 17.4 Å². The molecule has 4 heteroatoms. The Hall–Kier alpha value is -1.94. The van der Waals surface area contributed by atoms with E-state index in [-0.39, 0.29) is 18.2 Å². The molecule has 1 N–H and O–H groups in total. The van der Waals surface area contributed by atoms with Crippen molar-refractivity contribution in [2.24, 2.45) is 0 Å². The number of para-hydroxylation sites is 1. The number of carboxylic acid groups (broad SMARTS) is 1. The average Bonchev–Trinajstić information content (AvgIpc) is 2.48. The van der Waals surface area contributed by atoms with E-state index in [0.29, 0.717) is 0 Å². The summed E-state index contributed by atoms with van der Waals surface area (Å²) in [6.45, 7) is 16.3. The lowest BCUT2D eigenvalue weighted by Gasteiger charge is -2.27. The summed E-state index contributed by atoms with van der Waals surface area (Å²) in [5.41, 5.74) is 4.47. The molecule has 0 saturated carbocycles. The van der Waals surface area contributed by atoms with Crippen LogP contribution in [0.25, 0.3) is 10.9 Å². The van der Waals surface area contributed by atoms with Crippen molar-refractivity contribution in [2.45, 2.75) is 67.1 Å². The van der Waals surface area contributed by atoms with Crippen LogP contribution in [-0.2, 0) is 9.53 Å². The molecule has 2 aromatic rings. The Balaban J connectivity index is 0.000000952. The third-order valence-electron chi connectivity index (χ3n) is 3.33. The van der Waals surface area contributed by atoms with E-state index >= 15 is 0 Å². The van der Waals surface area contributed by atoms with Crippen LogP contribution >= 0.6 is 0 Å². The molecule has 1 unspecified atom stereocenters. The molecular weight excluding hydrogens is 302 g/mol. The van der Waals surface area contributed by atoms with Gasteiger partial charge >= 0.3 is 0 Å². The molecular formula is C20H31NO3. The number of nitrogens with zero attached hydrogens (tertiary/aromatic N) is 1. The molecule has 0 aliphatic rings. The van der Waals surface area contributed by atoms with Crippen LogP contribution in [0.1, 0.15) is 64.5 Å². The summed E-state index contributed by atoms with van der Waals surface area (Å²) in [7, 11) is 0. The molecule has 0 radical (unpaired) electrons. The van der Waals surface area contributed by atoms with Gasteiger partial charge in [0.05, 0.1) is 17.2 Å². The summed E-state index contributed by atoms with van der Waals surface area (Å²) in [5.74, 6) is 0. The van der Waals surface area contributed by atoms with Gasteiger partial charge in [-0.05, 0) is 53.2 Å². The molecule has 24 heavy (non-hydrogen) atoms. The van der Waals surface area contributed by atoms with Crippen molar-refractivity contribution in [2.75, 3.05) is 0 Å². The van der Waals surface area contributed by atoms with Gasteiger partial charge in [0.15, 0.2) is 0 Å². The zero-order valence-corrected chi connectivity index (χ0v) is 16.2. The molecule has 0 bridgehead atoms. The number of benzene rings is 1. The maximum atomic E-state index is 8.36. The summed E-state index contributed by atoms with van der Waals surface area (Å²) in [6, 6.07) is 8.28. The zero-order valence-electron chi connectivity index (χ0n) is 16.2. The molecule has 1 aromatic heterocycles. The lowest BCUT2D eigenvalue weighted by molar-refractivity contribution is -0.122. The van der Waals surface area contributed by atoms with E-state index in [0.717, 1.165) is 11.2 Å². The van der Waals surface area contributed by atoms with E-state index in [9.17, 15) is 0 Å². The third-order valence-corrected chi connectivity index (χ3v) is 3.33. The predicted molar refractivity (Wildman–Crippen MR) is 101 cm³/mol. The number of rotatable bonds is 2. The fraction of sp³-hybridized carbons (Fsp3) is 0.500. The molecule has 1 aromatic carbocycles. The van der Waals surface area contributed by atoms with Crippen molar-refractivity contribution in [3.8, 4) is 0 Å². The molecule has 134 valence electrons. The number of carbonyl (C=O) groups is 1. The van der Waals surface area contributed by atoms with Crippen molar-refractivity contribution < 1.29 is 14.6 Å². The summed E-state index contributed by atoms with van der Waals surface area (Å²) in [5, 5.41) is 8.10. The first-order chi connectivity index (χ1) is 11.2. The van der Waals surface area contributed by atoms with Gasteiger partial charge in [-0.15, -0.1) is 0 Å². The van der Waals surface area contributed by atoms with Crippen LogP contribution in [0.5, 0.6) is 0 Å². The lowest BCUT2D eigenvalue weighted by atomic mass is 9.98. The Morgan fingerprint density at radius 3 is 2.17 bits per heavy atom. The van der Waals surface area contributed by atoms with Gasteiger partial charge in [0.2, 0.25) is 0 Å². The molecule has 0 aliphatic carbocycles. The number of fused-ring (bicyclic) bond motifs is 1. The molecule has 0 amide bonds. The quantitative estimate of drug-likeness (QED) is 0.742. The molecule has 0 fully saturated rings. The largest absolute Gasteiger partial charge is 0.483 e. The first-order valence-electron chi connectivity index (χ1n) is 8.32. The normalized spacial score (nSPS) is 11.7. The second kappa shape index (κ2) is 10.0.